The van der Waals surface area contributed by atoms with Crippen molar-refractivity contribution in [3.63, 3.8) is 0 Å². The fourth-order valence-electron chi connectivity index (χ4n) is 6.24. The largest absolute Gasteiger partial charge is 0.486 e. The zero-order valence-electron chi connectivity index (χ0n) is 21.5. The molecular weight excluding hydrogens is 452 g/mol. The van der Waals surface area contributed by atoms with Crippen molar-refractivity contribution in [1.82, 2.24) is 9.13 Å². The van der Waals surface area contributed by atoms with E-state index < -0.39 is 11.7 Å². The smallest absolute Gasteiger partial charge is 0.261 e. The van der Waals surface area contributed by atoms with Gasteiger partial charge in [-0.1, -0.05) is 35.9 Å². The van der Waals surface area contributed by atoms with Gasteiger partial charge in [0.15, 0.2) is 0 Å². The number of ether oxygens (including phenoxy) is 2. The molecule has 0 saturated heterocycles. The molecule has 2 aromatic carbocycles. The molecule has 0 amide bonds. The maximum absolute atomic E-state index is 13.8. The highest BCUT2D eigenvalue weighted by molar-refractivity contribution is 5.89. The van der Waals surface area contributed by atoms with E-state index in [2.05, 4.69) is 6.08 Å². The average Bonchev–Trinajstić information content (AvgIpc) is 2.84. The minimum atomic E-state index is -0.711. The summed E-state index contributed by atoms with van der Waals surface area (Å²) in [5.74, 6) is 0.574. The third-order valence-corrected chi connectivity index (χ3v) is 7.84. The van der Waals surface area contributed by atoms with Crippen LogP contribution in [-0.4, -0.2) is 14.7 Å². The predicted molar refractivity (Wildman–Crippen MR) is 142 cm³/mol. The molecule has 184 valence electrons. The second-order valence-corrected chi connectivity index (χ2v) is 10.8. The number of pyridine rings is 2. The van der Waals surface area contributed by atoms with Crippen molar-refractivity contribution in [2.45, 2.75) is 45.3 Å². The summed E-state index contributed by atoms with van der Waals surface area (Å²) in [7, 11) is 3.59. The van der Waals surface area contributed by atoms with E-state index in [9.17, 15) is 9.59 Å². The Hall–Kier alpha value is -3.80. The normalized spacial score (nSPS) is 21.7. The highest BCUT2D eigenvalue weighted by atomic mass is 16.5. The molecule has 36 heavy (non-hydrogen) atoms. The summed E-state index contributed by atoms with van der Waals surface area (Å²) < 4.78 is 16.9. The molecule has 4 aromatic rings. The van der Waals surface area contributed by atoms with Crippen LogP contribution in [0.4, 0.5) is 0 Å². The second-order valence-electron chi connectivity index (χ2n) is 10.8. The number of aromatic nitrogens is 2. The van der Waals surface area contributed by atoms with Gasteiger partial charge in [0.1, 0.15) is 28.8 Å². The first-order chi connectivity index (χ1) is 17.1. The Labute approximate surface area is 209 Å². The Morgan fingerprint density at radius 3 is 1.94 bits per heavy atom. The first-order valence-corrected chi connectivity index (χ1v) is 12.4. The number of allylic oxidation sites excluding steroid dienone is 2. The highest BCUT2D eigenvalue weighted by Gasteiger charge is 2.54. The van der Waals surface area contributed by atoms with Crippen molar-refractivity contribution in [3.05, 3.63) is 92.0 Å². The lowest BCUT2D eigenvalue weighted by Gasteiger charge is -2.50. The van der Waals surface area contributed by atoms with Crippen molar-refractivity contribution < 1.29 is 9.47 Å². The maximum atomic E-state index is 13.8. The first-order valence-electron chi connectivity index (χ1n) is 12.4. The molecule has 4 heterocycles. The lowest BCUT2D eigenvalue weighted by molar-refractivity contribution is -0.0595. The molecule has 2 aliphatic heterocycles. The molecule has 0 N–H and O–H groups in total. The van der Waals surface area contributed by atoms with Crippen LogP contribution < -0.4 is 20.6 Å². The second kappa shape index (κ2) is 7.60. The van der Waals surface area contributed by atoms with Crippen molar-refractivity contribution in [2.24, 2.45) is 20.0 Å². The van der Waals surface area contributed by atoms with Crippen LogP contribution in [0.3, 0.4) is 0 Å². The van der Waals surface area contributed by atoms with Crippen molar-refractivity contribution in [1.29, 1.82) is 0 Å². The van der Waals surface area contributed by atoms with Gasteiger partial charge in [-0.05, 0) is 52.0 Å². The predicted octanol–water partition coefficient (Wildman–Crippen LogP) is 5.36. The lowest BCUT2D eigenvalue weighted by Crippen LogP contribution is -2.53. The Balaban J connectivity index is 1.75. The third-order valence-electron chi connectivity index (χ3n) is 7.84. The number of rotatable bonds is 1. The SMILES string of the molecule is CC(C)=C[C@@H]1c2c(c3ccccc3n(C)c2=O)O[C@H]2c3c(c4ccccc4n(C)c3=O)OC(C)(C)[C@H]12. The summed E-state index contributed by atoms with van der Waals surface area (Å²) in [5, 5.41) is 1.74. The quantitative estimate of drug-likeness (QED) is 0.343. The Morgan fingerprint density at radius 2 is 1.36 bits per heavy atom. The van der Waals surface area contributed by atoms with Crippen LogP contribution in [-0.2, 0) is 14.1 Å². The molecule has 6 nitrogen and oxygen atoms in total. The molecule has 0 unspecified atom stereocenters. The van der Waals surface area contributed by atoms with Gasteiger partial charge in [0.2, 0.25) is 0 Å². The molecule has 2 aliphatic rings. The van der Waals surface area contributed by atoms with E-state index in [0.717, 1.165) is 27.4 Å². The van der Waals surface area contributed by atoms with E-state index in [0.29, 0.717) is 22.6 Å². The van der Waals surface area contributed by atoms with Crippen LogP contribution in [0, 0.1) is 5.92 Å². The standard InChI is InChI=1S/C30H30N2O4/c1-16(2)15-19-22-25(17-11-7-9-13-20(17)31(5)28(22)33)35-27-23-26(36-30(3,4)24(19)27)18-12-8-10-14-21(18)32(6)29(23)34/h7-15,19,24,27H,1-6H3/t19-,24-,27+/m1/s1. The van der Waals surface area contributed by atoms with Gasteiger partial charge in [0.05, 0.1) is 22.5 Å². The number of hydrogen-bond donors (Lipinski definition) is 0. The average molecular weight is 483 g/mol. The summed E-state index contributed by atoms with van der Waals surface area (Å²) in [4.78, 5) is 27.6. The van der Waals surface area contributed by atoms with Crippen LogP contribution in [0.2, 0.25) is 0 Å². The molecule has 0 spiro atoms. The number of para-hydroxylation sites is 2. The van der Waals surface area contributed by atoms with Crippen LogP contribution >= 0.6 is 0 Å². The zero-order chi connectivity index (χ0) is 25.5. The van der Waals surface area contributed by atoms with Gasteiger partial charge in [0, 0.05) is 30.8 Å². The molecular formula is C30H30N2O4. The van der Waals surface area contributed by atoms with E-state index >= 15 is 0 Å². The summed E-state index contributed by atoms with van der Waals surface area (Å²) in [6.07, 6.45) is 1.56. The van der Waals surface area contributed by atoms with E-state index in [1.807, 2.05) is 76.2 Å². The molecule has 0 saturated carbocycles. The third kappa shape index (κ3) is 2.96. The molecule has 0 bridgehead atoms. The van der Waals surface area contributed by atoms with Gasteiger partial charge in [-0.25, -0.2) is 0 Å². The van der Waals surface area contributed by atoms with Crippen LogP contribution in [0.5, 0.6) is 11.5 Å². The molecule has 6 heteroatoms. The van der Waals surface area contributed by atoms with Gasteiger partial charge >= 0.3 is 0 Å². The summed E-state index contributed by atoms with van der Waals surface area (Å²) in [6, 6.07) is 15.6. The number of hydrogen-bond acceptors (Lipinski definition) is 4. The molecule has 2 aromatic heterocycles. The van der Waals surface area contributed by atoms with E-state index in [4.69, 9.17) is 9.47 Å². The van der Waals surface area contributed by atoms with Crippen molar-refractivity contribution >= 4 is 21.8 Å². The molecule has 3 atom stereocenters. The molecule has 0 aliphatic carbocycles. The first kappa shape index (κ1) is 22.7. The van der Waals surface area contributed by atoms with E-state index in [1.165, 1.54) is 0 Å². The Kier molecular flexibility index (Phi) is 4.78. The Morgan fingerprint density at radius 1 is 0.833 bits per heavy atom. The lowest BCUT2D eigenvalue weighted by atomic mass is 9.68. The van der Waals surface area contributed by atoms with Gasteiger partial charge in [0.25, 0.3) is 11.1 Å². The van der Waals surface area contributed by atoms with E-state index in [1.54, 1.807) is 23.2 Å². The maximum Gasteiger partial charge on any atom is 0.261 e. The van der Waals surface area contributed by atoms with Crippen molar-refractivity contribution in [2.75, 3.05) is 0 Å². The number of fused-ring (bicyclic) bond motifs is 8. The van der Waals surface area contributed by atoms with Crippen LogP contribution in [0.15, 0.2) is 69.8 Å². The number of benzene rings is 2. The minimum absolute atomic E-state index is 0.0855. The van der Waals surface area contributed by atoms with Gasteiger partial charge in [-0.2, -0.15) is 0 Å². The summed E-state index contributed by atoms with van der Waals surface area (Å²) in [6.45, 7) is 8.14. The molecule has 6 rings (SSSR count). The minimum Gasteiger partial charge on any atom is -0.486 e. The van der Waals surface area contributed by atoms with Gasteiger partial charge < -0.3 is 18.6 Å². The zero-order valence-corrected chi connectivity index (χ0v) is 21.5. The fourth-order valence-corrected chi connectivity index (χ4v) is 6.24. The topological polar surface area (TPSA) is 62.5 Å². The fraction of sp³-hybridized carbons (Fsp3) is 0.333. The molecule has 0 radical (unpaired) electrons. The summed E-state index contributed by atoms with van der Waals surface area (Å²) in [5.41, 5.74) is 2.91. The van der Waals surface area contributed by atoms with Crippen LogP contribution in [0.25, 0.3) is 21.8 Å². The monoisotopic (exact) mass is 482 g/mol. The van der Waals surface area contributed by atoms with Gasteiger partial charge in [-0.3, -0.25) is 9.59 Å². The molecule has 0 fully saturated rings. The number of aryl methyl sites for hydroxylation is 2. The highest BCUT2D eigenvalue weighted by Crippen LogP contribution is 2.57. The Bertz CT molecular complexity index is 1720. The summed E-state index contributed by atoms with van der Waals surface area (Å²) >= 11 is 0. The van der Waals surface area contributed by atoms with E-state index in [-0.39, 0.29) is 23.0 Å². The van der Waals surface area contributed by atoms with Gasteiger partial charge in [-0.15, -0.1) is 0 Å². The van der Waals surface area contributed by atoms with Crippen molar-refractivity contribution in [3.8, 4) is 11.5 Å². The van der Waals surface area contributed by atoms with Crippen LogP contribution in [0.1, 0.15) is 50.8 Å². The number of nitrogens with zero attached hydrogens (tertiary/aromatic N) is 2.